The van der Waals surface area contributed by atoms with E-state index in [1.165, 1.54) is 132 Å². The molecule has 12 aromatic carbocycles. The summed E-state index contributed by atoms with van der Waals surface area (Å²) in [6.07, 6.45) is 2.26. The monoisotopic (exact) mass is 1280 g/mol. The first-order valence-corrected chi connectivity index (χ1v) is 36.0. The van der Waals surface area contributed by atoms with Gasteiger partial charge < -0.3 is 18.9 Å². The van der Waals surface area contributed by atoms with Gasteiger partial charge in [-0.2, -0.15) is 0 Å². The zero-order valence-electron chi connectivity index (χ0n) is 60.0. The summed E-state index contributed by atoms with van der Waals surface area (Å²) in [4.78, 5) is 5.25. The third-order valence-electron chi connectivity index (χ3n) is 23.4. The Balaban J connectivity index is 0.927. The molecular weight excluding hydrogens is 1200 g/mol. The van der Waals surface area contributed by atoms with Gasteiger partial charge in [-0.25, -0.2) is 0 Å². The van der Waals surface area contributed by atoms with Crippen LogP contribution in [-0.4, -0.2) is 15.8 Å². The lowest BCUT2D eigenvalue weighted by molar-refractivity contribution is 0.402. The molecule has 99 heavy (non-hydrogen) atoms. The molecule has 2 aliphatic heterocycles. The van der Waals surface area contributed by atoms with Crippen molar-refractivity contribution in [3.63, 3.8) is 0 Å². The van der Waals surface area contributed by atoms with Gasteiger partial charge in [0, 0.05) is 61.4 Å². The highest BCUT2D eigenvalue weighted by molar-refractivity contribution is 7.00. The molecule has 0 amide bonds. The van der Waals surface area contributed by atoms with Gasteiger partial charge in [0.15, 0.2) is 0 Å². The second-order valence-electron chi connectivity index (χ2n) is 34.1. The van der Waals surface area contributed by atoms with Crippen LogP contribution in [0.5, 0.6) is 0 Å². The molecular formula is C94H87BN4. The highest BCUT2D eigenvalue weighted by Gasteiger charge is 2.46. The lowest BCUT2D eigenvalue weighted by Crippen LogP contribution is -2.61. The summed E-state index contributed by atoms with van der Waals surface area (Å²) in [5.74, 6) is 0. The Hall–Kier alpha value is -10.1. The molecule has 0 radical (unpaired) electrons. The molecule has 14 aromatic rings. The van der Waals surface area contributed by atoms with Crippen LogP contribution in [0.1, 0.15) is 143 Å². The van der Waals surface area contributed by atoms with Crippen LogP contribution >= 0.6 is 0 Å². The average molecular weight is 1280 g/mol. The van der Waals surface area contributed by atoms with Crippen molar-refractivity contribution in [2.24, 2.45) is 0 Å². The Morgan fingerprint density at radius 3 is 1.09 bits per heavy atom. The molecule has 0 spiro atoms. The maximum Gasteiger partial charge on any atom is 0.252 e. The largest absolute Gasteiger partial charge is 0.311 e. The molecule has 5 heteroatoms. The van der Waals surface area contributed by atoms with Gasteiger partial charge in [-0.05, 0) is 207 Å². The lowest BCUT2D eigenvalue weighted by Gasteiger charge is -2.44. The fourth-order valence-corrected chi connectivity index (χ4v) is 19.0. The molecule has 0 unspecified atom stereocenters. The van der Waals surface area contributed by atoms with Gasteiger partial charge in [0.1, 0.15) is 0 Å². The van der Waals surface area contributed by atoms with Crippen molar-refractivity contribution in [2.45, 2.75) is 142 Å². The molecule has 0 atom stereocenters. The van der Waals surface area contributed by atoms with E-state index in [0.717, 1.165) is 52.7 Å². The number of aromatic nitrogens is 2. The minimum absolute atomic E-state index is 0.0606. The van der Waals surface area contributed by atoms with E-state index < -0.39 is 0 Å². The van der Waals surface area contributed by atoms with E-state index in [-0.39, 0.29) is 39.2 Å². The van der Waals surface area contributed by atoms with Crippen molar-refractivity contribution < 1.29 is 0 Å². The van der Waals surface area contributed by atoms with E-state index >= 15 is 0 Å². The predicted octanol–water partition coefficient (Wildman–Crippen LogP) is 23.5. The second-order valence-corrected chi connectivity index (χ2v) is 34.1. The number of hydrogen-bond donors (Lipinski definition) is 0. The molecule has 2 aromatic heterocycles. The standard InChI is InChI=1S/C94H87BN4/c1-89(2,3)64-47-63(48-65(52-64)90(4,5)6)62-37-46-84-79(51-62)95-78-45-42-68(98-80-27-19-15-23-70(80)71-24-16-20-28-81(71)98)53-85(78)97(67-40-33-59(34-41-67)61-36-44-75-77(50-61)94(13,14)57-92(75,9)10)87-55-69(99-82-29-21-17-25-72(82)73-26-18-22-30-83(73)99)54-86(88(87)95)96(84)66-38-31-58(32-39-66)60-35-43-74-76(49-60)93(11,12)56-91(74,7)8/h15-55H,56-57H2,1-14H3. The van der Waals surface area contributed by atoms with E-state index in [4.69, 9.17) is 0 Å². The Bertz CT molecular complexity index is 5570. The van der Waals surface area contributed by atoms with Crippen LogP contribution in [0.4, 0.5) is 34.1 Å². The van der Waals surface area contributed by atoms with E-state index in [2.05, 4.69) is 365 Å². The maximum absolute atomic E-state index is 2.63. The summed E-state index contributed by atoms with van der Waals surface area (Å²) in [5, 5.41) is 4.96. The lowest BCUT2D eigenvalue weighted by atomic mass is 9.33. The first-order chi connectivity index (χ1) is 47.3. The number of rotatable bonds is 7. The zero-order chi connectivity index (χ0) is 68.2. The molecule has 0 fully saturated rings. The first-order valence-electron chi connectivity index (χ1n) is 36.0. The molecule has 4 aliphatic rings. The van der Waals surface area contributed by atoms with Gasteiger partial charge in [0.25, 0.3) is 6.71 Å². The van der Waals surface area contributed by atoms with E-state index in [1.807, 2.05) is 0 Å². The van der Waals surface area contributed by atoms with Gasteiger partial charge in [-0.3, -0.25) is 0 Å². The van der Waals surface area contributed by atoms with Crippen LogP contribution in [0.25, 0.3) is 88.4 Å². The number of fused-ring (bicyclic) bond motifs is 12. The average Bonchev–Trinajstić information content (AvgIpc) is 1.19. The first kappa shape index (κ1) is 61.3. The van der Waals surface area contributed by atoms with Gasteiger partial charge in [-0.15, -0.1) is 0 Å². The molecule has 0 saturated heterocycles. The van der Waals surface area contributed by atoms with Crippen LogP contribution in [0.3, 0.4) is 0 Å². The Morgan fingerprint density at radius 2 is 0.646 bits per heavy atom. The van der Waals surface area contributed by atoms with Crippen molar-refractivity contribution in [2.75, 3.05) is 9.80 Å². The number of benzene rings is 12. The van der Waals surface area contributed by atoms with Crippen LogP contribution in [0.2, 0.25) is 0 Å². The number of nitrogens with zero attached hydrogens (tertiary/aromatic N) is 4. The number of anilines is 6. The van der Waals surface area contributed by atoms with Crippen LogP contribution in [-0.2, 0) is 32.5 Å². The highest BCUT2D eigenvalue weighted by Crippen LogP contribution is 2.54. The van der Waals surface area contributed by atoms with E-state index in [9.17, 15) is 0 Å². The number of para-hydroxylation sites is 4. The molecule has 18 rings (SSSR count). The number of hydrogen-bond acceptors (Lipinski definition) is 2. The summed E-state index contributed by atoms with van der Waals surface area (Å²) in [6.45, 7) is 33.3. The molecule has 0 bridgehead atoms. The minimum atomic E-state index is -0.170. The van der Waals surface area contributed by atoms with Gasteiger partial charge in [0.05, 0.1) is 27.8 Å². The van der Waals surface area contributed by atoms with Crippen molar-refractivity contribution in [3.05, 3.63) is 282 Å². The topological polar surface area (TPSA) is 16.3 Å². The molecule has 0 N–H and O–H groups in total. The smallest absolute Gasteiger partial charge is 0.252 e. The summed E-state index contributed by atoms with van der Waals surface area (Å²) in [7, 11) is 0. The van der Waals surface area contributed by atoms with Crippen molar-refractivity contribution in [1.82, 2.24) is 9.13 Å². The maximum atomic E-state index is 2.63. The minimum Gasteiger partial charge on any atom is -0.311 e. The summed E-state index contributed by atoms with van der Waals surface area (Å²) >= 11 is 0. The molecule has 0 saturated carbocycles. The quantitative estimate of drug-likeness (QED) is 0.148. The van der Waals surface area contributed by atoms with Crippen molar-refractivity contribution in [3.8, 4) is 44.8 Å². The molecule has 4 heterocycles. The van der Waals surface area contributed by atoms with Gasteiger partial charge >= 0.3 is 0 Å². The second kappa shape index (κ2) is 21.2. The third kappa shape index (κ3) is 9.46. The fourth-order valence-electron chi connectivity index (χ4n) is 19.0. The van der Waals surface area contributed by atoms with Gasteiger partial charge in [-0.1, -0.05) is 267 Å². The molecule has 2 aliphatic carbocycles. The zero-order valence-corrected chi connectivity index (χ0v) is 60.0. The predicted molar refractivity (Wildman–Crippen MR) is 424 cm³/mol. The van der Waals surface area contributed by atoms with Crippen LogP contribution in [0.15, 0.2) is 249 Å². The summed E-state index contributed by atoms with van der Waals surface area (Å²) in [6, 6.07) is 96.8. The Morgan fingerprint density at radius 1 is 0.283 bits per heavy atom. The van der Waals surface area contributed by atoms with Crippen molar-refractivity contribution >= 4 is 101 Å². The van der Waals surface area contributed by atoms with Gasteiger partial charge in [0.2, 0.25) is 0 Å². The SMILES string of the molecule is CC(C)(C)c1cc(-c2ccc3c(c2)B2c4ccc(-n5c6ccccc6c6ccccc65)cc4N(c4ccc(-c5ccc6c(c5)C(C)(C)CC6(C)C)cc4)c4cc(-n5c6ccccc6c6ccccc65)cc(c42)N3c2ccc(-c3ccc4c(c3)C(C)(C)CC4(C)C)cc2)cc(C(C)(C)C)c1. The molecule has 486 valence electrons. The molecule has 4 nitrogen and oxygen atoms in total. The highest BCUT2D eigenvalue weighted by atomic mass is 15.2. The normalized spacial score (nSPS) is 16.2. The summed E-state index contributed by atoms with van der Waals surface area (Å²) < 4.78 is 5.03. The Labute approximate surface area is 585 Å². The Kier molecular flexibility index (Phi) is 13.1. The van der Waals surface area contributed by atoms with E-state index in [0.29, 0.717) is 0 Å². The van der Waals surface area contributed by atoms with E-state index in [1.54, 1.807) is 0 Å². The van der Waals surface area contributed by atoms with Crippen LogP contribution < -0.4 is 26.2 Å². The van der Waals surface area contributed by atoms with Crippen molar-refractivity contribution in [1.29, 1.82) is 0 Å². The summed E-state index contributed by atoms with van der Waals surface area (Å²) in [5.41, 5.74) is 33.9. The third-order valence-corrected chi connectivity index (χ3v) is 23.4. The van der Waals surface area contributed by atoms with Crippen LogP contribution in [0, 0.1) is 0 Å². The fraction of sp³-hybridized carbons (Fsp3) is 0.234.